The summed E-state index contributed by atoms with van der Waals surface area (Å²) in [5.41, 5.74) is 6.44. The maximum absolute atomic E-state index is 12.3. The molecule has 0 atom stereocenters. The van der Waals surface area contributed by atoms with Crippen LogP contribution < -0.4 is 11.1 Å². The van der Waals surface area contributed by atoms with Gasteiger partial charge in [-0.1, -0.05) is 25.0 Å². The molecule has 0 heterocycles. The second-order valence-corrected chi connectivity index (χ2v) is 5.62. The lowest BCUT2D eigenvalue weighted by Gasteiger charge is -2.25. The zero-order chi connectivity index (χ0) is 15.3. The first kappa shape index (κ1) is 18.4. The molecule has 22 heavy (non-hydrogen) atoms. The van der Waals surface area contributed by atoms with Crippen molar-refractivity contribution in [2.24, 2.45) is 11.1 Å². The predicted octanol–water partition coefficient (Wildman–Crippen LogP) is 2.19. The number of rotatable bonds is 6. The third-order valence-corrected chi connectivity index (χ3v) is 4.28. The lowest BCUT2D eigenvalue weighted by molar-refractivity contribution is -0.384. The summed E-state index contributed by atoms with van der Waals surface area (Å²) in [6, 6.07) is 6.40. The Morgan fingerprint density at radius 2 is 1.86 bits per heavy atom. The van der Waals surface area contributed by atoms with Gasteiger partial charge in [-0.3, -0.25) is 14.9 Å². The Morgan fingerprint density at radius 1 is 1.27 bits per heavy atom. The van der Waals surface area contributed by atoms with Crippen molar-refractivity contribution in [1.29, 1.82) is 0 Å². The summed E-state index contributed by atoms with van der Waals surface area (Å²) >= 11 is 0. The fraction of sp³-hybridized carbons (Fsp3) is 0.533. The zero-order valence-corrected chi connectivity index (χ0v) is 13.2. The van der Waals surface area contributed by atoms with Gasteiger partial charge in [-0.25, -0.2) is 0 Å². The van der Waals surface area contributed by atoms with Crippen molar-refractivity contribution in [2.45, 2.75) is 32.1 Å². The quantitative estimate of drug-likeness (QED) is 0.618. The summed E-state index contributed by atoms with van der Waals surface area (Å²) in [6.07, 6.45) is 4.52. The van der Waals surface area contributed by atoms with Gasteiger partial charge in [-0.15, -0.1) is 12.4 Å². The second-order valence-electron chi connectivity index (χ2n) is 5.62. The van der Waals surface area contributed by atoms with Gasteiger partial charge in [0, 0.05) is 25.2 Å². The molecule has 0 unspecified atom stereocenters. The Kier molecular flexibility index (Phi) is 6.77. The number of benzene rings is 1. The van der Waals surface area contributed by atoms with Crippen LogP contribution in [0.25, 0.3) is 0 Å². The van der Waals surface area contributed by atoms with E-state index in [1.165, 1.54) is 12.1 Å². The Hall–Kier alpha value is -1.66. The highest BCUT2D eigenvalue weighted by atomic mass is 35.5. The third-order valence-electron chi connectivity index (χ3n) is 4.28. The number of nitro benzene ring substituents is 1. The van der Waals surface area contributed by atoms with Gasteiger partial charge in [0.15, 0.2) is 0 Å². The molecule has 1 fully saturated rings. The number of carbonyl (C=O) groups excluding carboxylic acids is 1. The number of hydrogen-bond acceptors (Lipinski definition) is 4. The van der Waals surface area contributed by atoms with Gasteiger partial charge in [-0.05, 0) is 24.8 Å². The number of halogens is 1. The standard InChI is InChI=1S/C15H21N3O3.ClH/c16-11-15(8-1-2-9-15)14(19)17-10-7-12-3-5-13(6-4-12)18(20)21;/h3-6H,1-2,7-11,16H2,(H,17,19);1H. The molecule has 0 radical (unpaired) electrons. The SMILES string of the molecule is Cl.NCC1(C(=O)NCCc2ccc([N+](=O)[O-])cc2)CCCC1. The molecule has 0 aromatic heterocycles. The molecule has 1 amide bonds. The van der Waals surface area contributed by atoms with Crippen LogP contribution in [-0.2, 0) is 11.2 Å². The number of hydrogen-bond donors (Lipinski definition) is 2. The number of non-ortho nitro benzene ring substituents is 1. The highest BCUT2D eigenvalue weighted by Gasteiger charge is 2.39. The van der Waals surface area contributed by atoms with Crippen LogP contribution in [-0.4, -0.2) is 23.9 Å². The molecule has 0 saturated heterocycles. The van der Waals surface area contributed by atoms with E-state index in [-0.39, 0.29) is 29.4 Å². The molecule has 1 aromatic carbocycles. The van der Waals surface area contributed by atoms with E-state index in [0.717, 1.165) is 31.2 Å². The molecular weight excluding hydrogens is 306 g/mol. The molecule has 0 bridgehead atoms. The van der Waals surface area contributed by atoms with Crippen LogP contribution in [0, 0.1) is 15.5 Å². The first-order valence-electron chi connectivity index (χ1n) is 7.29. The molecule has 6 nitrogen and oxygen atoms in total. The van der Waals surface area contributed by atoms with E-state index in [9.17, 15) is 14.9 Å². The molecule has 1 aliphatic carbocycles. The van der Waals surface area contributed by atoms with Crippen molar-refractivity contribution < 1.29 is 9.72 Å². The molecule has 1 saturated carbocycles. The van der Waals surface area contributed by atoms with Crippen LogP contribution >= 0.6 is 12.4 Å². The monoisotopic (exact) mass is 327 g/mol. The van der Waals surface area contributed by atoms with E-state index in [4.69, 9.17) is 5.73 Å². The second kappa shape index (κ2) is 8.10. The van der Waals surface area contributed by atoms with Crippen molar-refractivity contribution >= 4 is 24.0 Å². The van der Waals surface area contributed by atoms with Crippen molar-refractivity contribution in [2.75, 3.05) is 13.1 Å². The third kappa shape index (κ3) is 4.18. The summed E-state index contributed by atoms with van der Waals surface area (Å²) < 4.78 is 0. The summed E-state index contributed by atoms with van der Waals surface area (Å²) in [6.45, 7) is 0.925. The van der Waals surface area contributed by atoms with Crippen LogP contribution in [0.4, 0.5) is 5.69 Å². The van der Waals surface area contributed by atoms with E-state index in [2.05, 4.69) is 5.32 Å². The maximum Gasteiger partial charge on any atom is 0.269 e. The van der Waals surface area contributed by atoms with Crippen molar-refractivity contribution in [3.05, 3.63) is 39.9 Å². The maximum atomic E-state index is 12.3. The molecule has 1 aliphatic rings. The topological polar surface area (TPSA) is 98.3 Å². The molecule has 1 aromatic rings. The molecule has 122 valence electrons. The van der Waals surface area contributed by atoms with Crippen LogP contribution in [0.2, 0.25) is 0 Å². The number of nitrogens with one attached hydrogen (secondary N) is 1. The highest BCUT2D eigenvalue weighted by molar-refractivity contribution is 5.85. The van der Waals surface area contributed by atoms with Gasteiger partial charge in [0.25, 0.3) is 5.69 Å². The molecule has 0 spiro atoms. The Labute approximate surface area is 136 Å². The van der Waals surface area contributed by atoms with Gasteiger partial charge in [-0.2, -0.15) is 0 Å². The molecule has 2 rings (SSSR count). The summed E-state index contributed by atoms with van der Waals surface area (Å²) in [5.74, 6) is 0.0458. The van der Waals surface area contributed by atoms with Gasteiger partial charge in [0.1, 0.15) is 0 Å². The van der Waals surface area contributed by atoms with Crippen molar-refractivity contribution in [1.82, 2.24) is 5.32 Å². The lowest BCUT2D eigenvalue weighted by Crippen LogP contribution is -2.44. The smallest absolute Gasteiger partial charge is 0.269 e. The number of nitrogens with zero attached hydrogens (tertiary/aromatic N) is 1. The fourth-order valence-corrected chi connectivity index (χ4v) is 2.87. The minimum absolute atomic E-state index is 0. The van der Waals surface area contributed by atoms with E-state index in [1.807, 2.05) is 0 Å². The van der Waals surface area contributed by atoms with Gasteiger partial charge < -0.3 is 11.1 Å². The highest BCUT2D eigenvalue weighted by Crippen LogP contribution is 2.37. The average Bonchev–Trinajstić information content (AvgIpc) is 2.98. The zero-order valence-electron chi connectivity index (χ0n) is 12.4. The number of nitrogens with two attached hydrogens (primary N) is 1. The molecule has 7 heteroatoms. The Balaban J connectivity index is 0.00000242. The number of amides is 1. The lowest BCUT2D eigenvalue weighted by atomic mass is 9.85. The van der Waals surface area contributed by atoms with Crippen molar-refractivity contribution in [3.63, 3.8) is 0 Å². The normalized spacial score (nSPS) is 15.9. The van der Waals surface area contributed by atoms with Crippen LogP contribution in [0.15, 0.2) is 24.3 Å². The summed E-state index contributed by atoms with van der Waals surface area (Å²) in [4.78, 5) is 22.4. The van der Waals surface area contributed by atoms with E-state index >= 15 is 0 Å². The van der Waals surface area contributed by atoms with E-state index < -0.39 is 4.92 Å². The molecule has 3 N–H and O–H groups in total. The number of nitro groups is 1. The van der Waals surface area contributed by atoms with Crippen LogP contribution in [0.3, 0.4) is 0 Å². The first-order valence-corrected chi connectivity index (χ1v) is 7.29. The predicted molar refractivity (Wildman–Crippen MR) is 87.0 cm³/mol. The van der Waals surface area contributed by atoms with Crippen LogP contribution in [0.1, 0.15) is 31.2 Å². The Morgan fingerprint density at radius 3 is 2.36 bits per heavy atom. The van der Waals surface area contributed by atoms with E-state index in [1.54, 1.807) is 12.1 Å². The first-order chi connectivity index (χ1) is 10.1. The largest absolute Gasteiger partial charge is 0.355 e. The molecular formula is C15H22ClN3O3. The van der Waals surface area contributed by atoms with Crippen molar-refractivity contribution in [3.8, 4) is 0 Å². The van der Waals surface area contributed by atoms with E-state index in [0.29, 0.717) is 19.5 Å². The van der Waals surface area contributed by atoms with Gasteiger partial charge in [0.05, 0.1) is 10.3 Å². The van der Waals surface area contributed by atoms with Gasteiger partial charge in [0.2, 0.25) is 5.91 Å². The summed E-state index contributed by atoms with van der Waals surface area (Å²) in [7, 11) is 0. The minimum atomic E-state index is -0.420. The molecule has 0 aliphatic heterocycles. The van der Waals surface area contributed by atoms with Gasteiger partial charge >= 0.3 is 0 Å². The number of carbonyl (C=O) groups is 1. The average molecular weight is 328 g/mol. The Bertz CT molecular complexity index is 513. The minimum Gasteiger partial charge on any atom is -0.355 e. The van der Waals surface area contributed by atoms with Crippen LogP contribution in [0.5, 0.6) is 0 Å². The summed E-state index contributed by atoms with van der Waals surface area (Å²) in [5, 5.41) is 13.5. The fourth-order valence-electron chi connectivity index (χ4n) is 2.87.